The lowest BCUT2D eigenvalue weighted by molar-refractivity contribution is -0.198. The van der Waals surface area contributed by atoms with E-state index in [9.17, 15) is 4.79 Å². The molecule has 0 aromatic heterocycles. The maximum absolute atomic E-state index is 10.2. The van der Waals surface area contributed by atoms with E-state index in [2.05, 4.69) is 0 Å². The van der Waals surface area contributed by atoms with Crippen molar-refractivity contribution in [2.45, 2.75) is 44.0 Å². The van der Waals surface area contributed by atoms with E-state index in [0.717, 1.165) is 38.6 Å². The summed E-state index contributed by atoms with van der Waals surface area (Å²) in [5.41, 5.74) is 0. The van der Waals surface area contributed by atoms with Crippen LogP contribution in [0.5, 0.6) is 0 Å². The van der Waals surface area contributed by atoms with Crippen molar-refractivity contribution >= 4 is 6.29 Å². The predicted molar refractivity (Wildman–Crippen MR) is 42.7 cm³/mol. The molecule has 3 nitrogen and oxygen atoms in total. The minimum atomic E-state index is -0.298. The molecule has 0 aliphatic carbocycles. The molecule has 1 spiro atoms. The molecule has 68 valence electrons. The van der Waals surface area contributed by atoms with Crippen LogP contribution in [0.3, 0.4) is 0 Å². The van der Waals surface area contributed by atoms with Gasteiger partial charge in [0, 0.05) is 19.3 Å². The molecule has 0 radical (unpaired) electrons. The maximum atomic E-state index is 10.2. The van der Waals surface area contributed by atoms with E-state index in [-0.39, 0.29) is 11.9 Å². The van der Waals surface area contributed by atoms with Crippen LogP contribution in [0, 0.1) is 0 Å². The Balaban J connectivity index is 1.91. The minimum absolute atomic E-state index is 0.112. The number of carbonyl (C=O) groups excluding carboxylic acids is 1. The molecule has 0 bridgehead atoms. The summed E-state index contributed by atoms with van der Waals surface area (Å²) in [7, 11) is 0. The summed E-state index contributed by atoms with van der Waals surface area (Å²) < 4.78 is 11.2. The van der Waals surface area contributed by atoms with Crippen LogP contribution < -0.4 is 0 Å². The van der Waals surface area contributed by atoms with Crippen LogP contribution in [0.25, 0.3) is 0 Å². The van der Waals surface area contributed by atoms with E-state index in [1.165, 1.54) is 0 Å². The van der Waals surface area contributed by atoms with Gasteiger partial charge in [-0.25, -0.2) is 0 Å². The Labute approximate surface area is 72.0 Å². The molecule has 3 heteroatoms. The Hall–Kier alpha value is -0.410. The predicted octanol–water partition coefficient (Wildman–Crippen LogP) is 1.26. The summed E-state index contributed by atoms with van der Waals surface area (Å²) in [6, 6.07) is 0. The maximum Gasteiger partial charge on any atom is 0.168 e. The average molecular weight is 170 g/mol. The molecule has 0 aromatic rings. The molecule has 2 heterocycles. The van der Waals surface area contributed by atoms with Crippen LogP contribution in [0.1, 0.15) is 32.1 Å². The summed E-state index contributed by atoms with van der Waals surface area (Å²) in [6.07, 6.45) is 5.59. The molecule has 2 aliphatic heterocycles. The van der Waals surface area contributed by atoms with E-state index < -0.39 is 0 Å². The highest BCUT2D eigenvalue weighted by Gasteiger charge is 2.43. The summed E-state index contributed by atoms with van der Waals surface area (Å²) in [5.74, 6) is -0.298. The number of carbonyl (C=O) groups is 1. The zero-order chi connectivity index (χ0) is 8.44. The first-order valence-electron chi connectivity index (χ1n) is 4.60. The van der Waals surface area contributed by atoms with Crippen molar-refractivity contribution in [1.82, 2.24) is 0 Å². The summed E-state index contributed by atoms with van der Waals surface area (Å²) >= 11 is 0. The van der Waals surface area contributed by atoms with Gasteiger partial charge in [-0.05, 0) is 12.8 Å². The fourth-order valence-electron chi connectivity index (χ4n) is 2.04. The van der Waals surface area contributed by atoms with E-state index >= 15 is 0 Å². The topological polar surface area (TPSA) is 35.5 Å². The molecule has 2 fully saturated rings. The fourth-order valence-corrected chi connectivity index (χ4v) is 2.04. The highest BCUT2D eigenvalue weighted by Crippen LogP contribution is 2.39. The van der Waals surface area contributed by atoms with E-state index in [4.69, 9.17) is 9.47 Å². The molecule has 12 heavy (non-hydrogen) atoms. The van der Waals surface area contributed by atoms with Gasteiger partial charge in [0.05, 0.1) is 12.7 Å². The van der Waals surface area contributed by atoms with Crippen LogP contribution >= 0.6 is 0 Å². The third-order valence-electron chi connectivity index (χ3n) is 2.65. The first-order chi connectivity index (χ1) is 5.85. The number of aldehydes is 1. The molecule has 2 atom stereocenters. The van der Waals surface area contributed by atoms with Crippen molar-refractivity contribution in [2.24, 2.45) is 0 Å². The lowest BCUT2D eigenvalue weighted by Gasteiger charge is -2.22. The van der Waals surface area contributed by atoms with Gasteiger partial charge in [-0.15, -0.1) is 0 Å². The van der Waals surface area contributed by atoms with Crippen molar-refractivity contribution in [3.05, 3.63) is 0 Å². The first-order valence-corrected chi connectivity index (χ1v) is 4.60. The second-order valence-corrected chi connectivity index (χ2v) is 3.54. The SMILES string of the molecule is O=CC[C@H]1CC[C@]2(CCCO2)O1. The van der Waals surface area contributed by atoms with Crippen molar-refractivity contribution < 1.29 is 14.3 Å². The van der Waals surface area contributed by atoms with Gasteiger partial charge >= 0.3 is 0 Å². The van der Waals surface area contributed by atoms with Gasteiger partial charge in [-0.3, -0.25) is 0 Å². The Morgan fingerprint density at radius 1 is 1.50 bits per heavy atom. The van der Waals surface area contributed by atoms with Crippen LogP contribution in [0.2, 0.25) is 0 Å². The summed E-state index contributed by atoms with van der Waals surface area (Å²) in [4.78, 5) is 10.2. The minimum Gasteiger partial charge on any atom is -0.350 e. The first kappa shape index (κ1) is 8.20. The van der Waals surface area contributed by atoms with Crippen molar-refractivity contribution in [1.29, 1.82) is 0 Å². The number of rotatable bonds is 2. The Bertz CT molecular complexity index is 173. The largest absolute Gasteiger partial charge is 0.350 e. The van der Waals surface area contributed by atoms with Gasteiger partial charge in [0.1, 0.15) is 6.29 Å². The van der Waals surface area contributed by atoms with E-state index in [1.807, 2.05) is 0 Å². The molecular weight excluding hydrogens is 156 g/mol. The summed E-state index contributed by atoms with van der Waals surface area (Å²) in [6.45, 7) is 0.813. The van der Waals surface area contributed by atoms with Gasteiger partial charge in [-0.1, -0.05) is 0 Å². The smallest absolute Gasteiger partial charge is 0.168 e. The van der Waals surface area contributed by atoms with Crippen LogP contribution in [0.4, 0.5) is 0 Å². The normalized spacial score (nSPS) is 40.8. The fraction of sp³-hybridized carbons (Fsp3) is 0.889. The van der Waals surface area contributed by atoms with Gasteiger partial charge in [-0.2, -0.15) is 0 Å². The molecule has 2 rings (SSSR count). The highest BCUT2D eigenvalue weighted by atomic mass is 16.7. The van der Waals surface area contributed by atoms with Crippen molar-refractivity contribution in [2.75, 3.05) is 6.61 Å². The van der Waals surface area contributed by atoms with Gasteiger partial charge in [0.25, 0.3) is 0 Å². The second-order valence-electron chi connectivity index (χ2n) is 3.54. The molecular formula is C9H14O3. The van der Waals surface area contributed by atoms with Gasteiger partial charge in [0.2, 0.25) is 0 Å². The molecule has 0 saturated carbocycles. The molecule has 0 aromatic carbocycles. The van der Waals surface area contributed by atoms with Crippen LogP contribution in [-0.4, -0.2) is 24.8 Å². The van der Waals surface area contributed by atoms with E-state index in [1.54, 1.807) is 0 Å². The Kier molecular flexibility index (Phi) is 2.15. The van der Waals surface area contributed by atoms with Gasteiger partial charge < -0.3 is 14.3 Å². The van der Waals surface area contributed by atoms with Crippen LogP contribution in [-0.2, 0) is 14.3 Å². The zero-order valence-electron chi connectivity index (χ0n) is 7.12. The number of hydrogen-bond acceptors (Lipinski definition) is 3. The number of hydrogen-bond donors (Lipinski definition) is 0. The Morgan fingerprint density at radius 3 is 3.08 bits per heavy atom. The third kappa shape index (κ3) is 1.39. The lowest BCUT2D eigenvalue weighted by atomic mass is 10.1. The quantitative estimate of drug-likeness (QED) is 0.585. The van der Waals surface area contributed by atoms with Crippen molar-refractivity contribution in [3.63, 3.8) is 0 Å². The molecule has 0 amide bonds. The standard InChI is InChI=1S/C9H14O3/c10-6-3-8-2-5-9(12-8)4-1-7-11-9/h6,8H,1-5,7H2/t8-,9+/m1/s1. The van der Waals surface area contributed by atoms with Crippen molar-refractivity contribution in [3.8, 4) is 0 Å². The lowest BCUT2D eigenvalue weighted by Crippen LogP contribution is -2.27. The highest BCUT2D eigenvalue weighted by molar-refractivity contribution is 5.50. The third-order valence-corrected chi connectivity index (χ3v) is 2.65. The Morgan fingerprint density at radius 2 is 2.42 bits per heavy atom. The van der Waals surface area contributed by atoms with Gasteiger partial charge in [0.15, 0.2) is 5.79 Å². The van der Waals surface area contributed by atoms with Crippen LogP contribution in [0.15, 0.2) is 0 Å². The molecule has 0 N–H and O–H groups in total. The number of ether oxygens (including phenoxy) is 2. The molecule has 2 saturated heterocycles. The molecule has 0 unspecified atom stereocenters. The zero-order valence-corrected chi connectivity index (χ0v) is 7.12. The summed E-state index contributed by atoms with van der Waals surface area (Å²) in [5, 5.41) is 0. The average Bonchev–Trinajstić information content (AvgIpc) is 2.65. The second kappa shape index (κ2) is 3.15. The van der Waals surface area contributed by atoms with E-state index in [0.29, 0.717) is 6.42 Å². The monoisotopic (exact) mass is 170 g/mol. The molecule has 2 aliphatic rings.